The molecule has 0 aliphatic carbocycles. The van der Waals surface area contributed by atoms with E-state index < -0.39 is 6.10 Å². The minimum Gasteiger partial charge on any atom is -0.481 e. The lowest BCUT2D eigenvalue weighted by molar-refractivity contribution is -0.128. The van der Waals surface area contributed by atoms with Crippen LogP contribution in [0, 0.1) is 0 Å². The maximum absolute atomic E-state index is 12.6. The molecule has 29 heavy (non-hydrogen) atoms. The maximum Gasteiger partial charge on any atom is 0.261 e. The number of piperidine rings is 1. The van der Waals surface area contributed by atoms with Crippen molar-refractivity contribution in [3.05, 3.63) is 65.2 Å². The van der Waals surface area contributed by atoms with Crippen molar-refractivity contribution in [1.82, 2.24) is 10.2 Å². The first-order valence-corrected chi connectivity index (χ1v) is 11.0. The first-order valence-electron chi connectivity index (χ1n) is 11.0. The fourth-order valence-corrected chi connectivity index (χ4v) is 3.81. The van der Waals surface area contributed by atoms with Gasteiger partial charge in [0.15, 0.2) is 6.10 Å². The van der Waals surface area contributed by atoms with Crippen molar-refractivity contribution in [2.45, 2.75) is 65.1 Å². The number of aryl methyl sites for hydroxylation is 1. The van der Waals surface area contributed by atoms with E-state index in [1.54, 1.807) is 0 Å². The topological polar surface area (TPSA) is 41.6 Å². The van der Waals surface area contributed by atoms with E-state index in [0.717, 1.165) is 24.3 Å². The van der Waals surface area contributed by atoms with Gasteiger partial charge >= 0.3 is 0 Å². The summed E-state index contributed by atoms with van der Waals surface area (Å²) < 4.78 is 5.92. The fourth-order valence-electron chi connectivity index (χ4n) is 3.81. The second kappa shape index (κ2) is 11.0. The van der Waals surface area contributed by atoms with Crippen molar-refractivity contribution >= 4 is 5.91 Å². The molecule has 1 saturated heterocycles. The Morgan fingerprint density at radius 3 is 2.41 bits per heavy atom. The van der Waals surface area contributed by atoms with Crippen LogP contribution in [0.4, 0.5) is 0 Å². The van der Waals surface area contributed by atoms with Crippen LogP contribution in [0.2, 0.25) is 0 Å². The van der Waals surface area contributed by atoms with Crippen LogP contribution in [-0.4, -0.2) is 30.0 Å². The molecule has 0 bridgehead atoms. The van der Waals surface area contributed by atoms with Crippen LogP contribution < -0.4 is 10.1 Å². The van der Waals surface area contributed by atoms with Gasteiger partial charge in [-0.15, -0.1) is 0 Å². The Balaban J connectivity index is 1.52. The predicted molar refractivity (Wildman–Crippen MR) is 118 cm³/mol. The molecular weight excluding hydrogens is 360 g/mol. The third-order valence-electron chi connectivity index (χ3n) is 5.59. The van der Waals surface area contributed by atoms with Crippen LogP contribution in [0.15, 0.2) is 48.5 Å². The smallest absolute Gasteiger partial charge is 0.261 e. The number of nitrogens with zero attached hydrogens (tertiary/aromatic N) is 1. The van der Waals surface area contributed by atoms with E-state index >= 15 is 0 Å². The number of amides is 1. The first kappa shape index (κ1) is 21.4. The van der Waals surface area contributed by atoms with Gasteiger partial charge < -0.3 is 10.1 Å². The quantitative estimate of drug-likeness (QED) is 0.670. The molecule has 0 aromatic heterocycles. The van der Waals surface area contributed by atoms with Gasteiger partial charge in [0, 0.05) is 13.1 Å². The average molecular weight is 395 g/mol. The van der Waals surface area contributed by atoms with Crippen LogP contribution in [-0.2, 0) is 24.3 Å². The van der Waals surface area contributed by atoms with Crippen LogP contribution in [0.5, 0.6) is 5.75 Å². The molecule has 156 valence electrons. The molecule has 4 heteroatoms. The molecule has 1 amide bonds. The molecule has 0 saturated carbocycles. The Morgan fingerprint density at radius 2 is 1.72 bits per heavy atom. The standard InChI is InChI=1S/C25H34N2O2/c1-3-20-11-13-23(14-12-20)29-24(4-2)25(28)26-18-21-9-8-10-22(17-21)19-27-15-6-5-7-16-27/h8-14,17,24H,3-7,15-16,18-19H2,1-2H3,(H,26,28)/t24-/m1/s1. The fraction of sp³-hybridized carbons (Fsp3) is 0.480. The zero-order valence-corrected chi connectivity index (χ0v) is 17.8. The van der Waals surface area contributed by atoms with Gasteiger partial charge in [0.25, 0.3) is 5.91 Å². The molecular formula is C25H34N2O2. The van der Waals surface area contributed by atoms with Crippen LogP contribution in [0.25, 0.3) is 0 Å². The second-order valence-corrected chi connectivity index (χ2v) is 7.89. The summed E-state index contributed by atoms with van der Waals surface area (Å²) in [5.74, 6) is 0.682. The summed E-state index contributed by atoms with van der Waals surface area (Å²) in [5.41, 5.74) is 3.72. The minimum atomic E-state index is -0.473. The lowest BCUT2D eigenvalue weighted by Gasteiger charge is -2.26. The Kier molecular flexibility index (Phi) is 8.12. The number of carbonyl (C=O) groups is 1. The van der Waals surface area contributed by atoms with E-state index in [1.165, 1.54) is 43.5 Å². The third-order valence-corrected chi connectivity index (χ3v) is 5.59. The van der Waals surface area contributed by atoms with Crippen molar-refractivity contribution in [3.63, 3.8) is 0 Å². The van der Waals surface area contributed by atoms with Crippen molar-refractivity contribution in [2.24, 2.45) is 0 Å². The molecule has 1 N–H and O–H groups in total. The third kappa shape index (κ3) is 6.60. The van der Waals surface area contributed by atoms with Gasteiger partial charge in [0.2, 0.25) is 0 Å². The summed E-state index contributed by atoms with van der Waals surface area (Å²) in [6.07, 6.45) is 5.11. The molecule has 4 nitrogen and oxygen atoms in total. The summed E-state index contributed by atoms with van der Waals surface area (Å²) in [6.45, 7) is 8.01. The Labute approximate surface area is 175 Å². The van der Waals surface area contributed by atoms with Gasteiger partial charge in [-0.1, -0.05) is 56.7 Å². The SMILES string of the molecule is CCc1ccc(O[C@H](CC)C(=O)NCc2cccc(CN3CCCCC3)c2)cc1. The highest BCUT2D eigenvalue weighted by Crippen LogP contribution is 2.16. The Hall–Kier alpha value is -2.33. The van der Waals surface area contributed by atoms with Crippen molar-refractivity contribution in [1.29, 1.82) is 0 Å². The van der Waals surface area contributed by atoms with E-state index in [9.17, 15) is 4.79 Å². The number of nitrogens with one attached hydrogen (secondary N) is 1. The molecule has 1 heterocycles. The van der Waals surface area contributed by atoms with Crippen LogP contribution in [0.3, 0.4) is 0 Å². The maximum atomic E-state index is 12.6. The molecule has 3 rings (SSSR count). The first-order chi connectivity index (χ1) is 14.2. The lowest BCUT2D eigenvalue weighted by atomic mass is 10.1. The Bertz CT molecular complexity index is 767. The largest absolute Gasteiger partial charge is 0.481 e. The van der Waals surface area contributed by atoms with Gasteiger partial charge in [-0.2, -0.15) is 0 Å². The van der Waals surface area contributed by atoms with Crippen molar-refractivity contribution < 1.29 is 9.53 Å². The van der Waals surface area contributed by atoms with Crippen molar-refractivity contribution in [3.8, 4) is 5.75 Å². The van der Waals surface area contributed by atoms with E-state index in [1.807, 2.05) is 31.2 Å². The number of hydrogen-bond acceptors (Lipinski definition) is 3. The van der Waals surface area contributed by atoms with Gasteiger partial charge in [0.05, 0.1) is 0 Å². The summed E-state index contributed by atoms with van der Waals surface area (Å²) in [5, 5.41) is 3.05. The normalized spacial score (nSPS) is 15.7. The number of ether oxygens (including phenoxy) is 1. The molecule has 2 aromatic rings. The van der Waals surface area contributed by atoms with Crippen LogP contribution >= 0.6 is 0 Å². The summed E-state index contributed by atoms with van der Waals surface area (Å²) >= 11 is 0. The van der Waals surface area contributed by atoms with E-state index in [4.69, 9.17) is 4.74 Å². The van der Waals surface area contributed by atoms with Gasteiger partial charge in [-0.3, -0.25) is 9.69 Å². The summed E-state index contributed by atoms with van der Waals surface area (Å²) in [4.78, 5) is 15.2. The molecule has 1 atom stereocenters. The molecule has 0 radical (unpaired) electrons. The number of benzene rings is 2. The van der Waals surface area contributed by atoms with Gasteiger partial charge in [-0.05, 0) is 67.6 Å². The highest BCUT2D eigenvalue weighted by atomic mass is 16.5. The van der Waals surface area contributed by atoms with E-state index in [-0.39, 0.29) is 5.91 Å². The lowest BCUT2D eigenvalue weighted by Crippen LogP contribution is -2.37. The highest BCUT2D eigenvalue weighted by Gasteiger charge is 2.18. The van der Waals surface area contributed by atoms with Crippen molar-refractivity contribution in [2.75, 3.05) is 13.1 Å². The number of hydrogen-bond donors (Lipinski definition) is 1. The molecule has 2 aromatic carbocycles. The zero-order valence-electron chi connectivity index (χ0n) is 17.8. The summed E-state index contributed by atoms with van der Waals surface area (Å²) in [7, 11) is 0. The van der Waals surface area contributed by atoms with E-state index in [2.05, 4.69) is 41.4 Å². The zero-order chi connectivity index (χ0) is 20.5. The monoisotopic (exact) mass is 394 g/mol. The number of likely N-dealkylation sites (tertiary alicyclic amines) is 1. The Morgan fingerprint density at radius 1 is 1.00 bits per heavy atom. The molecule has 0 spiro atoms. The van der Waals surface area contributed by atoms with Crippen LogP contribution in [0.1, 0.15) is 56.2 Å². The summed E-state index contributed by atoms with van der Waals surface area (Å²) in [6, 6.07) is 16.5. The van der Waals surface area contributed by atoms with Gasteiger partial charge in [0.1, 0.15) is 5.75 Å². The van der Waals surface area contributed by atoms with Gasteiger partial charge in [-0.25, -0.2) is 0 Å². The minimum absolute atomic E-state index is 0.0616. The molecule has 1 fully saturated rings. The number of rotatable bonds is 9. The molecule has 0 unspecified atom stereocenters. The second-order valence-electron chi connectivity index (χ2n) is 7.89. The predicted octanol–water partition coefficient (Wildman–Crippen LogP) is 4.71. The highest BCUT2D eigenvalue weighted by molar-refractivity contribution is 5.81. The molecule has 1 aliphatic heterocycles. The average Bonchev–Trinajstić information content (AvgIpc) is 2.77. The van der Waals surface area contributed by atoms with E-state index in [0.29, 0.717) is 13.0 Å². The molecule has 1 aliphatic rings. The number of carbonyl (C=O) groups excluding carboxylic acids is 1.